The molecular formula is C99H161Cl3N9NaO10. The van der Waals surface area contributed by atoms with E-state index < -0.39 is 16.8 Å². The van der Waals surface area contributed by atoms with Crippen LogP contribution in [-0.4, -0.2) is 153 Å². The number of carboxylic acids is 1. The third kappa shape index (κ3) is 46.0. The topological polar surface area (TPSA) is 224 Å². The number of aliphatic hydroxyl groups is 1. The summed E-state index contributed by atoms with van der Waals surface area (Å²) in [4.78, 5) is 57.3. The number of aromatic carboxylic acids is 1. The van der Waals surface area contributed by atoms with Crippen LogP contribution in [0, 0.1) is 10.8 Å². The number of aliphatic hydroxyl groups excluding tert-OH is 1. The van der Waals surface area contributed by atoms with Crippen molar-refractivity contribution in [3.05, 3.63) is 199 Å². The minimum atomic E-state index is -1.13. The maximum atomic E-state index is 12.4. The molecule has 8 atom stereocenters. The third-order valence-electron chi connectivity index (χ3n) is 23.6. The van der Waals surface area contributed by atoms with Crippen LogP contribution in [0.5, 0.6) is 0 Å². The Labute approximate surface area is 779 Å². The largest absolute Gasteiger partial charge is 1.00 e. The van der Waals surface area contributed by atoms with Gasteiger partial charge in [0.1, 0.15) is 31.6 Å². The number of amides is 1. The number of piperidine rings is 2. The van der Waals surface area contributed by atoms with Crippen LogP contribution < -0.4 is 82.2 Å². The van der Waals surface area contributed by atoms with Crippen molar-refractivity contribution in [1.29, 1.82) is 0 Å². The van der Waals surface area contributed by atoms with Gasteiger partial charge in [-0.15, -0.1) is 0 Å². The number of hydrogen-bond acceptors (Lipinski definition) is 12. The Balaban J connectivity index is 0. The van der Waals surface area contributed by atoms with E-state index in [4.69, 9.17) is 24.1 Å². The van der Waals surface area contributed by atoms with E-state index in [1.165, 1.54) is 105 Å². The number of carbonyl (C=O) groups is 4. The zero-order valence-electron chi connectivity index (χ0n) is 79.0. The quantitative estimate of drug-likeness (QED) is 0.0129. The number of esters is 2. The molecule has 4 N–H and O–H groups in total. The Morgan fingerprint density at radius 3 is 1.37 bits per heavy atom. The summed E-state index contributed by atoms with van der Waals surface area (Å²) in [5, 5.41) is 19.4. The summed E-state index contributed by atoms with van der Waals surface area (Å²) in [5.41, 5.74) is 8.85. The van der Waals surface area contributed by atoms with Gasteiger partial charge in [0, 0.05) is 75.3 Å². The van der Waals surface area contributed by atoms with Gasteiger partial charge in [-0.1, -0.05) is 184 Å². The number of quaternary nitrogens is 2. The summed E-state index contributed by atoms with van der Waals surface area (Å²) in [5.74, 6) is 0.459. The van der Waals surface area contributed by atoms with E-state index in [0.717, 1.165) is 82.7 Å². The molecule has 122 heavy (non-hydrogen) atoms. The van der Waals surface area contributed by atoms with Crippen LogP contribution >= 0.6 is 0 Å². The number of benzene rings is 4. The van der Waals surface area contributed by atoms with Crippen LogP contribution in [0.15, 0.2) is 171 Å². The van der Waals surface area contributed by atoms with E-state index >= 15 is 0 Å². The summed E-state index contributed by atoms with van der Waals surface area (Å²) in [6, 6.07) is 40.1. The normalized spacial score (nSPS) is 15.7. The van der Waals surface area contributed by atoms with Crippen molar-refractivity contribution in [3.63, 3.8) is 0 Å². The Kier molecular flexibility index (Phi) is 64.4. The molecule has 4 aromatic carbocycles. The molecule has 5 heterocycles. The number of ether oxygens (including phenoxy) is 4. The average Bonchev–Trinajstić information content (AvgIpc) is 1.17. The van der Waals surface area contributed by atoms with Crippen molar-refractivity contribution in [2.24, 2.45) is 17.9 Å². The third-order valence-corrected chi connectivity index (χ3v) is 23.6. The molecule has 3 aliphatic rings. The van der Waals surface area contributed by atoms with Crippen molar-refractivity contribution < 1.29 is 130 Å². The van der Waals surface area contributed by atoms with Crippen LogP contribution in [0.25, 0.3) is 0 Å². The first kappa shape index (κ1) is 118. The van der Waals surface area contributed by atoms with Crippen molar-refractivity contribution in [2.75, 3.05) is 79.5 Å². The number of likely N-dealkylation sites (tertiary alicyclic amines) is 2. The Morgan fingerprint density at radius 1 is 0.566 bits per heavy atom. The van der Waals surface area contributed by atoms with Crippen LogP contribution in [-0.2, 0) is 40.4 Å². The van der Waals surface area contributed by atoms with E-state index in [-0.39, 0.29) is 104 Å². The van der Waals surface area contributed by atoms with Gasteiger partial charge in [0.2, 0.25) is 12.2 Å². The van der Waals surface area contributed by atoms with Gasteiger partial charge < -0.3 is 95.4 Å². The van der Waals surface area contributed by atoms with E-state index in [1.807, 2.05) is 128 Å². The summed E-state index contributed by atoms with van der Waals surface area (Å²) >= 11 is 0. The zero-order chi connectivity index (χ0) is 87.4. The molecule has 3 fully saturated rings. The van der Waals surface area contributed by atoms with E-state index in [1.54, 1.807) is 18.3 Å². The maximum Gasteiger partial charge on any atom is 1.00 e. The standard InChI is InChI=1S/C20H32O4.C16H20N2O2.C16H23N2.C16H24O3.C14H23N3O.C8H18N.C7H15N.C2H6.3ClH.Na/c1-5-17(18-10-8-7-9-11-18)16-20(3,4)19(21)24-15-14-23-13-12-22-6-2;1-3-15(18-9-8-17-11-18)10-12(2)13-4-6-14(7-5-13)16(19)20;1-4-16(18-11-10-17(3)13-18)12-14(2)15-8-6-5-7-9-15;1-4-13(14-8-6-5-7-9-14)12-16(2,3)15(18)19-11-10-17;1-3-13(16-9-7-15-11-16)10-12(2)17-8-5-4-6-14(17)18;1-3-9(2)7-5-4-6-8-9;1-7(8)5-3-2-4-6-7;1-2;;;;/h7-11,17H,5-6,12-16H2,1-4H3;4-9,11-12,15H,3,10H2,1-2H3,(H,19,20);5-11,13-14,16H,4,12H2,1-3H3;5-9,13,17H,4,10-12H2,1-3H3;7,9,11-13H,3-6,8,10H2,1-2H3;3-8H2,1-2H3;2-6,8H2,1H3;1-2H3;3*1H;/q;;+1;;;+1;;;;;;+1/p-3. The second-order valence-electron chi connectivity index (χ2n) is 34.3. The van der Waals surface area contributed by atoms with Crippen LogP contribution in [0.4, 0.5) is 0 Å². The predicted octanol–water partition coefficient (Wildman–Crippen LogP) is 7.43. The second kappa shape index (κ2) is 66.5. The van der Waals surface area contributed by atoms with Crippen LogP contribution in [0.3, 0.4) is 0 Å². The van der Waals surface area contributed by atoms with E-state index in [9.17, 15) is 24.3 Å². The SMILES string of the molecule is CC.CC1([NH3+])CCCCC1.CCC(CC(C)(C)C(=O)OCCO)c1ccccc1.CCC(CC(C)N1CCCCC1=O)n1ccnc1.CCC(CC(C)c1ccc(C(=O)[O-])cc1)n1ccnc1.CCC(CC(C)c1ccccc1)n1cc[n+](C)c1.CCOCCOCCOC(=O)C(C)(C)CC(CC)c1ccccc1.CC[N+]1(C)CCCCC1.[Cl-].[Cl-].[Cl-].[Na+]. The molecule has 10 rings (SSSR count). The number of aryl methyl sites for hydroxylation is 1. The smallest absolute Gasteiger partial charge is 1.00 e. The molecule has 23 heteroatoms. The number of carbonyl (C=O) groups excluding carboxylic acids is 4. The van der Waals surface area contributed by atoms with Crippen molar-refractivity contribution >= 4 is 23.8 Å². The van der Waals surface area contributed by atoms with E-state index in [2.05, 4.69) is 196 Å². The van der Waals surface area contributed by atoms with Gasteiger partial charge in [-0.3, -0.25) is 14.4 Å². The molecule has 2 aliphatic heterocycles. The first-order valence-corrected chi connectivity index (χ1v) is 45.1. The number of hydrogen-bond donors (Lipinski definition) is 2. The molecule has 0 radical (unpaired) electrons. The summed E-state index contributed by atoms with van der Waals surface area (Å²) < 4.78 is 31.0. The molecule has 2 saturated heterocycles. The second-order valence-corrected chi connectivity index (χ2v) is 34.3. The Bertz CT molecular complexity index is 3700. The average molecular weight is 1770 g/mol. The first-order chi connectivity index (χ1) is 56.5. The van der Waals surface area contributed by atoms with Gasteiger partial charge in [0.25, 0.3) is 0 Å². The molecule has 1 aliphatic carbocycles. The number of imidazole rings is 3. The van der Waals surface area contributed by atoms with Gasteiger partial charge in [-0.05, 0) is 216 Å². The summed E-state index contributed by atoms with van der Waals surface area (Å²) in [7, 11) is 4.45. The molecule has 7 aromatic rings. The van der Waals surface area contributed by atoms with Gasteiger partial charge >= 0.3 is 41.5 Å². The monoisotopic (exact) mass is 1760 g/mol. The Hall–Kier alpha value is -5.94. The van der Waals surface area contributed by atoms with Crippen molar-refractivity contribution in [2.45, 2.75) is 306 Å². The minimum absolute atomic E-state index is 0. The number of halogens is 3. The van der Waals surface area contributed by atoms with Gasteiger partial charge in [-0.2, -0.15) is 0 Å². The number of aromatic nitrogens is 6. The summed E-state index contributed by atoms with van der Waals surface area (Å²) in [6.07, 6.45) is 42.0. The first-order valence-electron chi connectivity index (χ1n) is 45.1. The number of nitrogens with zero attached hydrogens (tertiary/aromatic N) is 8. The van der Waals surface area contributed by atoms with Gasteiger partial charge in [-0.25, -0.2) is 19.1 Å². The van der Waals surface area contributed by atoms with Crippen LogP contribution in [0.2, 0.25) is 0 Å². The van der Waals surface area contributed by atoms with Gasteiger partial charge in [0.15, 0.2) is 0 Å². The fourth-order valence-corrected chi connectivity index (χ4v) is 15.7. The van der Waals surface area contributed by atoms with Crippen LogP contribution in [0.1, 0.15) is 327 Å². The molecule has 0 bridgehead atoms. The fourth-order valence-electron chi connectivity index (χ4n) is 15.7. The molecule has 19 nitrogen and oxygen atoms in total. The molecular weight excluding hydrogens is 1600 g/mol. The predicted molar refractivity (Wildman–Crippen MR) is 479 cm³/mol. The molecule has 1 amide bonds. The van der Waals surface area contributed by atoms with Gasteiger partial charge in [0.05, 0.1) is 95.1 Å². The molecule has 684 valence electrons. The van der Waals surface area contributed by atoms with E-state index in [0.29, 0.717) is 85.7 Å². The molecule has 1 saturated carbocycles. The Morgan fingerprint density at radius 2 is 0.992 bits per heavy atom. The molecule has 3 aromatic heterocycles. The van der Waals surface area contributed by atoms with Crippen molar-refractivity contribution in [1.82, 2.24) is 28.6 Å². The molecule has 8 unspecified atom stereocenters. The number of rotatable bonds is 36. The zero-order valence-corrected chi connectivity index (χ0v) is 83.2. The maximum absolute atomic E-state index is 12.4. The van der Waals surface area contributed by atoms with Crippen molar-refractivity contribution in [3.8, 4) is 0 Å². The fraction of sp³-hybridized carbons (Fsp3) is 0.626. The molecule has 0 spiro atoms. The minimum Gasteiger partial charge on any atom is -1.00 e. The summed E-state index contributed by atoms with van der Waals surface area (Å²) in [6.45, 7) is 43.3. The number of carboxylic acid groups (broad SMARTS) is 1.